The molecule has 1 N–H and O–H groups in total. The SMILES string of the molecule is CC(=O)SCCCC(=O)OC(=O)CC/C(=N/O)OC(=O)CCCSC(C)=O. The molecule has 152 valence electrons. The smallest absolute Gasteiger partial charge is 0.313 e. The molecule has 0 saturated heterocycles. The molecule has 0 aliphatic carbocycles. The summed E-state index contributed by atoms with van der Waals surface area (Å²) in [5.41, 5.74) is 0. The van der Waals surface area contributed by atoms with Crippen molar-refractivity contribution >= 4 is 57.6 Å². The predicted molar refractivity (Wildman–Crippen MR) is 100 cm³/mol. The molecule has 27 heavy (non-hydrogen) atoms. The summed E-state index contributed by atoms with van der Waals surface area (Å²) in [6, 6.07) is 0. The predicted octanol–water partition coefficient (Wildman–Crippen LogP) is 2.29. The van der Waals surface area contributed by atoms with Gasteiger partial charge in [-0.1, -0.05) is 28.7 Å². The van der Waals surface area contributed by atoms with E-state index in [2.05, 4.69) is 9.89 Å². The number of esters is 3. The number of hydrogen-bond acceptors (Lipinski definition) is 11. The molecule has 0 heterocycles. The highest BCUT2D eigenvalue weighted by Crippen LogP contribution is 2.08. The Bertz CT molecular complexity index is 577. The van der Waals surface area contributed by atoms with Gasteiger partial charge in [0.2, 0.25) is 5.90 Å². The lowest BCUT2D eigenvalue weighted by Gasteiger charge is -2.06. The second-order valence-corrected chi connectivity index (χ2v) is 7.74. The van der Waals surface area contributed by atoms with Gasteiger partial charge in [0, 0.05) is 44.6 Å². The van der Waals surface area contributed by atoms with Gasteiger partial charge < -0.3 is 14.7 Å². The number of carbonyl (C=O) groups is 5. The van der Waals surface area contributed by atoms with Crippen LogP contribution in [0.25, 0.3) is 0 Å². The van der Waals surface area contributed by atoms with Gasteiger partial charge in [0.05, 0.1) is 6.42 Å². The molecule has 0 saturated carbocycles. The van der Waals surface area contributed by atoms with Crippen LogP contribution in [0, 0.1) is 0 Å². The Morgan fingerprint density at radius 2 is 1.19 bits per heavy atom. The van der Waals surface area contributed by atoms with Crippen LogP contribution in [0.5, 0.6) is 0 Å². The summed E-state index contributed by atoms with van der Waals surface area (Å²) in [7, 11) is 0. The van der Waals surface area contributed by atoms with E-state index in [9.17, 15) is 24.0 Å². The average molecular weight is 421 g/mol. The molecule has 0 spiro atoms. The number of thioether (sulfide) groups is 2. The van der Waals surface area contributed by atoms with E-state index >= 15 is 0 Å². The van der Waals surface area contributed by atoms with Crippen LogP contribution in [-0.4, -0.2) is 50.7 Å². The summed E-state index contributed by atoms with van der Waals surface area (Å²) in [5.74, 6) is -1.64. The van der Waals surface area contributed by atoms with Crippen molar-refractivity contribution in [3.8, 4) is 0 Å². The Labute approximate surface area is 165 Å². The van der Waals surface area contributed by atoms with Crippen LogP contribution in [0.2, 0.25) is 0 Å². The van der Waals surface area contributed by atoms with E-state index in [0.29, 0.717) is 24.3 Å². The van der Waals surface area contributed by atoms with Crippen LogP contribution in [0.1, 0.15) is 52.4 Å². The van der Waals surface area contributed by atoms with Gasteiger partial charge >= 0.3 is 17.9 Å². The first kappa shape index (κ1) is 25.1. The molecule has 0 aliphatic heterocycles. The highest BCUT2D eigenvalue weighted by molar-refractivity contribution is 8.13. The largest absolute Gasteiger partial charge is 0.408 e. The zero-order chi connectivity index (χ0) is 20.7. The van der Waals surface area contributed by atoms with E-state index in [1.54, 1.807) is 0 Å². The van der Waals surface area contributed by atoms with E-state index in [0.717, 1.165) is 23.5 Å². The van der Waals surface area contributed by atoms with Gasteiger partial charge in [-0.3, -0.25) is 24.0 Å². The van der Waals surface area contributed by atoms with Gasteiger partial charge in [0.15, 0.2) is 10.2 Å². The van der Waals surface area contributed by atoms with Crippen LogP contribution in [0.3, 0.4) is 0 Å². The van der Waals surface area contributed by atoms with Crippen molar-refractivity contribution in [3.63, 3.8) is 0 Å². The van der Waals surface area contributed by atoms with Gasteiger partial charge in [-0.2, -0.15) is 0 Å². The van der Waals surface area contributed by atoms with E-state index in [1.807, 2.05) is 0 Å². The Balaban J connectivity index is 4.00. The van der Waals surface area contributed by atoms with Crippen molar-refractivity contribution in [3.05, 3.63) is 0 Å². The van der Waals surface area contributed by atoms with Crippen molar-refractivity contribution in [1.29, 1.82) is 0 Å². The molecule has 0 aromatic heterocycles. The molecule has 0 aromatic rings. The van der Waals surface area contributed by atoms with Gasteiger partial charge in [-0.15, -0.1) is 0 Å². The van der Waals surface area contributed by atoms with Gasteiger partial charge in [0.25, 0.3) is 0 Å². The average Bonchev–Trinajstić information content (AvgIpc) is 2.58. The zero-order valence-electron chi connectivity index (χ0n) is 15.2. The Hall–Kier alpha value is -1.88. The van der Waals surface area contributed by atoms with Crippen molar-refractivity contribution in [2.45, 2.75) is 52.4 Å². The normalized spacial score (nSPS) is 11.0. The summed E-state index contributed by atoms with van der Waals surface area (Å²) in [4.78, 5) is 56.1. The number of ether oxygens (including phenoxy) is 2. The molecule has 0 unspecified atom stereocenters. The van der Waals surface area contributed by atoms with Crippen LogP contribution >= 0.6 is 23.5 Å². The lowest BCUT2D eigenvalue weighted by Crippen LogP contribution is -2.17. The molecule has 0 atom stereocenters. The first-order valence-electron chi connectivity index (χ1n) is 8.16. The molecule has 0 amide bonds. The first-order chi connectivity index (χ1) is 12.7. The molecule has 0 aliphatic rings. The monoisotopic (exact) mass is 421 g/mol. The number of nitrogens with zero attached hydrogens (tertiary/aromatic N) is 1. The van der Waals surface area contributed by atoms with E-state index in [1.165, 1.54) is 13.8 Å². The summed E-state index contributed by atoms with van der Waals surface area (Å²) in [6.45, 7) is 2.85. The summed E-state index contributed by atoms with van der Waals surface area (Å²) in [6.07, 6.45) is 0.331. The third-order valence-electron chi connectivity index (χ3n) is 2.77. The van der Waals surface area contributed by atoms with Crippen LogP contribution in [-0.2, 0) is 33.4 Å². The first-order valence-corrected chi connectivity index (χ1v) is 10.1. The molecule has 0 aromatic carbocycles. The van der Waals surface area contributed by atoms with Crippen molar-refractivity contribution in [2.75, 3.05) is 11.5 Å². The van der Waals surface area contributed by atoms with Gasteiger partial charge in [-0.05, 0) is 12.8 Å². The highest BCUT2D eigenvalue weighted by atomic mass is 32.2. The molecule has 0 radical (unpaired) electrons. The fraction of sp³-hybridized carbons (Fsp3) is 0.625. The highest BCUT2D eigenvalue weighted by Gasteiger charge is 2.15. The van der Waals surface area contributed by atoms with Crippen molar-refractivity contribution in [2.24, 2.45) is 5.16 Å². The standard InChI is InChI=1S/C16H23NO8S2/c1-11(18)26-9-3-5-14(20)24-13(17-23)7-8-16(22)25-15(21)6-4-10-27-12(2)19/h23H,3-10H2,1-2H3/b17-13-. The van der Waals surface area contributed by atoms with E-state index < -0.39 is 17.9 Å². The Kier molecular flexibility index (Phi) is 14.1. The summed E-state index contributed by atoms with van der Waals surface area (Å²) < 4.78 is 9.38. The molecule has 9 nitrogen and oxygen atoms in total. The minimum Gasteiger partial charge on any atom is -0.408 e. The molecule has 0 rings (SSSR count). The third-order valence-corrected chi connectivity index (χ3v) is 4.57. The molecule has 0 bridgehead atoms. The minimum absolute atomic E-state index is 0.000225. The van der Waals surface area contributed by atoms with Crippen LogP contribution in [0.15, 0.2) is 5.16 Å². The van der Waals surface area contributed by atoms with E-state index in [4.69, 9.17) is 9.94 Å². The maximum absolute atomic E-state index is 11.6. The molecule has 11 heteroatoms. The lowest BCUT2D eigenvalue weighted by atomic mass is 10.3. The van der Waals surface area contributed by atoms with Crippen LogP contribution < -0.4 is 0 Å². The van der Waals surface area contributed by atoms with Crippen LogP contribution in [0.4, 0.5) is 0 Å². The van der Waals surface area contributed by atoms with E-state index in [-0.39, 0.29) is 41.8 Å². The second-order valence-electron chi connectivity index (χ2n) is 5.20. The van der Waals surface area contributed by atoms with Gasteiger partial charge in [0.1, 0.15) is 0 Å². The Morgan fingerprint density at radius 1 is 0.741 bits per heavy atom. The second kappa shape index (κ2) is 15.2. The summed E-state index contributed by atoms with van der Waals surface area (Å²) in [5, 5.41) is 11.5. The van der Waals surface area contributed by atoms with Gasteiger partial charge in [-0.25, -0.2) is 0 Å². The van der Waals surface area contributed by atoms with Crippen molar-refractivity contribution < 1.29 is 38.7 Å². The number of hydrogen-bond donors (Lipinski definition) is 1. The molecular weight excluding hydrogens is 398 g/mol. The minimum atomic E-state index is -0.839. The number of rotatable bonds is 11. The van der Waals surface area contributed by atoms with Crippen molar-refractivity contribution in [1.82, 2.24) is 0 Å². The summed E-state index contributed by atoms with van der Waals surface area (Å²) >= 11 is 2.17. The third kappa shape index (κ3) is 16.0. The number of oxime groups is 1. The maximum atomic E-state index is 11.6. The fourth-order valence-corrected chi connectivity index (χ4v) is 2.76. The fourth-order valence-electron chi connectivity index (χ4n) is 1.61. The number of carbonyl (C=O) groups excluding carboxylic acids is 5. The molecular formula is C16H23NO8S2. The zero-order valence-corrected chi connectivity index (χ0v) is 16.9. The molecule has 0 fully saturated rings. The lowest BCUT2D eigenvalue weighted by molar-refractivity contribution is -0.159. The maximum Gasteiger partial charge on any atom is 0.313 e. The quantitative estimate of drug-likeness (QED) is 0.101. The Morgan fingerprint density at radius 3 is 1.63 bits per heavy atom. The topological polar surface area (TPSA) is 136 Å².